The molecule has 0 unspecified atom stereocenters. The maximum absolute atomic E-state index is 5.86. The number of benzene rings is 1. The summed E-state index contributed by atoms with van der Waals surface area (Å²) in [6.45, 7) is 0.447. The molecule has 2 N–H and O–H groups in total. The molecule has 0 aliphatic carbocycles. The number of aromatic nitrogens is 3. The van der Waals surface area contributed by atoms with Crippen LogP contribution in [0.1, 0.15) is 16.3 Å². The van der Waals surface area contributed by atoms with Crippen molar-refractivity contribution in [2.24, 2.45) is 5.73 Å². The van der Waals surface area contributed by atoms with Crippen LogP contribution in [0.2, 0.25) is 5.02 Å². The third-order valence-electron chi connectivity index (χ3n) is 2.61. The predicted molar refractivity (Wildman–Crippen MR) is 73.0 cm³/mol. The van der Waals surface area contributed by atoms with Crippen LogP contribution in [0, 0.1) is 0 Å². The van der Waals surface area contributed by atoms with Crippen molar-refractivity contribution in [3.63, 3.8) is 0 Å². The summed E-state index contributed by atoms with van der Waals surface area (Å²) in [5, 5.41) is 6.26. The van der Waals surface area contributed by atoms with Gasteiger partial charge < -0.3 is 5.73 Å². The number of fused-ring (bicyclic) bond motifs is 1. The fourth-order valence-corrected chi connectivity index (χ4v) is 2.79. The molecule has 2 aromatic heterocycles. The Morgan fingerprint density at radius 2 is 2.06 bits per heavy atom. The van der Waals surface area contributed by atoms with Gasteiger partial charge in [0.1, 0.15) is 5.01 Å². The lowest BCUT2D eigenvalue weighted by molar-refractivity contribution is 0.913. The minimum absolute atomic E-state index is 0.447. The lowest BCUT2D eigenvalue weighted by atomic mass is 10.2. The average molecular weight is 279 g/mol. The molecule has 92 valence electrons. The Balaban J connectivity index is 1.86. The second-order valence-electron chi connectivity index (χ2n) is 3.96. The van der Waals surface area contributed by atoms with Gasteiger partial charge in [-0.2, -0.15) is 5.10 Å². The molecule has 0 fully saturated rings. The van der Waals surface area contributed by atoms with E-state index in [1.807, 2.05) is 30.5 Å². The lowest BCUT2D eigenvalue weighted by Crippen LogP contribution is -1.96. The third kappa shape index (κ3) is 2.25. The van der Waals surface area contributed by atoms with Crippen molar-refractivity contribution in [2.45, 2.75) is 13.0 Å². The zero-order valence-electron chi connectivity index (χ0n) is 9.51. The van der Waals surface area contributed by atoms with Gasteiger partial charge in [-0.1, -0.05) is 35.1 Å². The molecule has 0 aliphatic heterocycles. The normalized spacial score (nSPS) is 11.2. The van der Waals surface area contributed by atoms with Crippen molar-refractivity contribution in [3.8, 4) is 0 Å². The van der Waals surface area contributed by atoms with Gasteiger partial charge in [-0.15, -0.1) is 0 Å². The van der Waals surface area contributed by atoms with E-state index in [2.05, 4.69) is 10.1 Å². The minimum atomic E-state index is 0.447. The van der Waals surface area contributed by atoms with Crippen LogP contribution in [0.25, 0.3) is 4.96 Å². The standard InChI is InChI=1S/C12H11ClN4S/c13-9-3-1-8(2-4-9)5-11-16-17-7-10(6-14)15-12(17)18-11/h1-4,7H,5-6,14H2. The fourth-order valence-electron chi connectivity index (χ4n) is 1.73. The Kier molecular flexibility index (Phi) is 3.03. The molecule has 0 amide bonds. The highest BCUT2D eigenvalue weighted by atomic mass is 35.5. The van der Waals surface area contributed by atoms with Gasteiger partial charge in [0.25, 0.3) is 0 Å². The molecule has 0 atom stereocenters. The third-order valence-corrected chi connectivity index (χ3v) is 3.79. The first kappa shape index (κ1) is 11.6. The molecule has 0 saturated carbocycles. The van der Waals surface area contributed by atoms with Crippen LogP contribution in [-0.2, 0) is 13.0 Å². The van der Waals surface area contributed by atoms with E-state index < -0.39 is 0 Å². The van der Waals surface area contributed by atoms with Crippen LogP contribution >= 0.6 is 22.9 Å². The average Bonchev–Trinajstić information content (AvgIpc) is 2.89. The summed E-state index contributed by atoms with van der Waals surface area (Å²) in [5.41, 5.74) is 7.59. The second-order valence-corrected chi connectivity index (χ2v) is 5.44. The number of nitrogens with zero attached hydrogens (tertiary/aromatic N) is 3. The number of nitrogens with two attached hydrogens (primary N) is 1. The van der Waals surface area contributed by atoms with Gasteiger partial charge >= 0.3 is 0 Å². The summed E-state index contributed by atoms with van der Waals surface area (Å²) in [4.78, 5) is 5.27. The molecule has 6 heteroatoms. The molecule has 0 spiro atoms. The first-order chi connectivity index (χ1) is 8.74. The predicted octanol–water partition coefficient (Wildman–Crippen LogP) is 2.49. The van der Waals surface area contributed by atoms with Crippen LogP contribution in [0.3, 0.4) is 0 Å². The molecule has 0 saturated heterocycles. The summed E-state index contributed by atoms with van der Waals surface area (Å²) in [6.07, 6.45) is 2.67. The van der Waals surface area contributed by atoms with Crippen molar-refractivity contribution in [3.05, 3.63) is 51.7 Å². The van der Waals surface area contributed by atoms with Crippen molar-refractivity contribution in [1.29, 1.82) is 0 Å². The van der Waals surface area contributed by atoms with E-state index in [0.717, 1.165) is 27.1 Å². The number of halogens is 1. The molecule has 2 heterocycles. The molecule has 0 bridgehead atoms. The Hall–Kier alpha value is -1.43. The van der Waals surface area contributed by atoms with Crippen molar-refractivity contribution in [2.75, 3.05) is 0 Å². The quantitative estimate of drug-likeness (QED) is 0.801. The second kappa shape index (κ2) is 4.68. The van der Waals surface area contributed by atoms with Gasteiger partial charge in [-0.3, -0.25) is 0 Å². The van der Waals surface area contributed by atoms with E-state index in [9.17, 15) is 0 Å². The first-order valence-electron chi connectivity index (χ1n) is 5.53. The topological polar surface area (TPSA) is 56.2 Å². The highest BCUT2D eigenvalue weighted by Crippen LogP contribution is 2.19. The molecular weight excluding hydrogens is 268 g/mol. The highest BCUT2D eigenvalue weighted by molar-refractivity contribution is 7.16. The van der Waals surface area contributed by atoms with E-state index in [-0.39, 0.29) is 0 Å². The highest BCUT2D eigenvalue weighted by Gasteiger charge is 2.07. The number of rotatable bonds is 3. The van der Waals surface area contributed by atoms with E-state index in [1.165, 1.54) is 5.56 Å². The van der Waals surface area contributed by atoms with E-state index >= 15 is 0 Å². The SMILES string of the molecule is NCc1cn2nc(Cc3ccc(Cl)cc3)sc2n1. The van der Waals surface area contributed by atoms with Crippen LogP contribution in [0.15, 0.2) is 30.5 Å². The van der Waals surface area contributed by atoms with Crippen LogP contribution in [0.4, 0.5) is 0 Å². The van der Waals surface area contributed by atoms with Crippen molar-refractivity contribution < 1.29 is 0 Å². The zero-order valence-corrected chi connectivity index (χ0v) is 11.1. The fraction of sp³-hybridized carbons (Fsp3) is 0.167. The molecule has 18 heavy (non-hydrogen) atoms. The molecule has 3 rings (SSSR count). The molecule has 4 nitrogen and oxygen atoms in total. The van der Waals surface area contributed by atoms with Gasteiger partial charge in [-0.05, 0) is 17.7 Å². The Labute approximate surface area is 113 Å². The maximum Gasteiger partial charge on any atom is 0.212 e. The van der Waals surface area contributed by atoms with Gasteiger partial charge in [0.15, 0.2) is 0 Å². The molecule has 0 radical (unpaired) electrons. The Morgan fingerprint density at radius 1 is 1.28 bits per heavy atom. The van der Waals surface area contributed by atoms with Crippen LogP contribution in [-0.4, -0.2) is 14.6 Å². The maximum atomic E-state index is 5.86. The van der Waals surface area contributed by atoms with Gasteiger partial charge in [0.05, 0.1) is 11.9 Å². The van der Waals surface area contributed by atoms with Crippen LogP contribution in [0.5, 0.6) is 0 Å². The smallest absolute Gasteiger partial charge is 0.212 e. The number of hydrogen-bond donors (Lipinski definition) is 1. The number of hydrogen-bond acceptors (Lipinski definition) is 4. The van der Waals surface area contributed by atoms with Crippen molar-refractivity contribution >= 4 is 27.9 Å². The Morgan fingerprint density at radius 3 is 2.72 bits per heavy atom. The lowest BCUT2D eigenvalue weighted by Gasteiger charge is -1.97. The van der Waals surface area contributed by atoms with Crippen LogP contribution < -0.4 is 5.73 Å². The van der Waals surface area contributed by atoms with Gasteiger partial charge in [0.2, 0.25) is 4.96 Å². The van der Waals surface area contributed by atoms with E-state index in [1.54, 1.807) is 15.9 Å². The van der Waals surface area contributed by atoms with Gasteiger partial charge in [-0.25, -0.2) is 9.50 Å². The molecular formula is C12H11ClN4S. The largest absolute Gasteiger partial charge is 0.325 e. The molecule has 1 aromatic carbocycles. The first-order valence-corrected chi connectivity index (χ1v) is 6.72. The van der Waals surface area contributed by atoms with E-state index in [4.69, 9.17) is 17.3 Å². The summed E-state index contributed by atoms with van der Waals surface area (Å²) in [7, 11) is 0. The monoisotopic (exact) mass is 278 g/mol. The number of imidazole rings is 1. The van der Waals surface area contributed by atoms with Crippen molar-refractivity contribution in [1.82, 2.24) is 14.6 Å². The minimum Gasteiger partial charge on any atom is -0.325 e. The summed E-state index contributed by atoms with van der Waals surface area (Å²) in [5.74, 6) is 0. The van der Waals surface area contributed by atoms with Gasteiger partial charge in [0, 0.05) is 18.0 Å². The zero-order chi connectivity index (χ0) is 12.5. The summed E-state index contributed by atoms with van der Waals surface area (Å²) >= 11 is 7.44. The van der Waals surface area contributed by atoms with E-state index in [0.29, 0.717) is 6.54 Å². The summed E-state index contributed by atoms with van der Waals surface area (Å²) in [6, 6.07) is 7.81. The Bertz CT molecular complexity index is 640. The summed E-state index contributed by atoms with van der Waals surface area (Å²) < 4.78 is 1.79. The molecule has 3 aromatic rings. The molecule has 0 aliphatic rings.